The number of anilines is 1. The van der Waals surface area contributed by atoms with Crippen LogP contribution in [-0.4, -0.2) is 39.9 Å². The summed E-state index contributed by atoms with van der Waals surface area (Å²) in [5.41, 5.74) is 1.44. The van der Waals surface area contributed by atoms with Gasteiger partial charge in [0.2, 0.25) is 0 Å². The maximum Gasteiger partial charge on any atom is 0.272 e. The van der Waals surface area contributed by atoms with Crippen LogP contribution in [0, 0.1) is 0 Å². The third-order valence-corrected chi connectivity index (χ3v) is 5.58. The zero-order valence-electron chi connectivity index (χ0n) is 15.9. The number of hydrogen-bond donors (Lipinski definition) is 1. The summed E-state index contributed by atoms with van der Waals surface area (Å²) < 4.78 is 0. The minimum Gasteiger partial charge on any atom is -0.367 e. The first-order valence-corrected chi connectivity index (χ1v) is 10.3. The number of rotatable bonds is 4. The van der Waals surface area contributed by atoms with Crippen LogP contribution in [0.3, 0.4) is 0 Å². The van der Waals surface area contributed by atoms with Crippen LogP contribution in [0.5, 0.6) is 0 Å². The number of carbonyl (C=O) groups excluding carboxylic acids is 1. The Morgan fingerprint density at radius 1 is 0.926 bits per heavy atom. The van der Waals surface area contributed by atoms with Gasteiger partial charge in [0, 0.05) is 30.8 Å². The fourth-order valence-corrected chi connectivity index (χ4v) is 4.06. The van der Waals surface area contributed by atoms with Gasteiger partial charge in [-0.1, -0.05) is 56.0 Å². The number of hydrogen-bond acceptors (Lipinski definition) is 4. The van der Waals surface area contributed by atoms with Gasteiger partial charge < -0.3 is 10.2 Å². The molecule has 1 aromatic carbocycles. The fraction of sp³-hybridized carbons (Fsp3) is 0.500. The van der Waals surface area contributed by atoms with E-state index in [4.69, 9.17) is 4.98 Å². The van der Waals surface area contributed by atoms with Crippen molar-refractivity contribution in [3.05, 3.63) is 42.1 Å². The van der Waals surface area contributed by atoms with Gasteiger partial charge in [0.05, 0.1) is 0 Å². The predicted molar refractivity (Wildman–Crippen MR) is 108 cm³/mol. The standard InChI is InChI=1S/C22H28N4O/c27-22(26-14-8-9-15-26)19-16-20(23-18-12-6-1-2-7-13-18)25-21(24-19)17-10-4-3-5-11-17/h3-5,10-11,16,18H,1-2,6-9,12-15H2,(H,23,24,25). The second-order valence-corrected chi connectivity index (χ2v) is 7.66. The Morgan fingerprint density at radius 2 is 1.63 bits per heavy atom. The molecule has 0 bridgehead atoms. The predicted octanol–water partition coefficient (Wildman–Crippen LogP) is 4.51. The Hall–Kier alpha value is -2.43. The summed E-state index contributed by atoms with van der Waals surface area (Å²) in [6.07, 6.45) is 9.64. The van der Waals surface area contributed by atoms with Crippen molar-refractivity contribution in [2.45, 2.75) is 57.4 Å². The van der Waals surface area contributed by atoms with E-state index in [-0.39, 0.29) is 5.91 Å². The first-order chi connectivity index (χ1) is 13.3. The molecule has 1 aromatic heterocycles. The van der Waals surface area contributed by atoms with Gasteiger partial charge in [0.1, 0.15) is 11.5 Å². The highest BCUT2D eigenvalue weighted by atomic mass is 16.2. The molecule has 0 spiro atoms. The van der Waals surface area contributed by atoms with Crippen LogP contribution in [0.2, 0.25) is 0 Å². The van der Waals surface area contributed by atoms with Gasteiger partial charge in [0.15, 0.2) is 5.82 Å². The van der Waals surface area contributed by atoms with E-state index in [9.17, 15) is 4.79 Å². The summed E-state index contributed by atoms with van der Waals surface area (Å²) in [5.74, 6) is 1.42. The number of benzene rings is 1. The molecule has 1 aliphatic carbocycles. The summed E-state index contributed by atoms with van der Waals surface area (Å²) >= 11 is 0. The molecule has 4 rings (SSSR count). The molecule has 2 aliphatic rings. The third-order valence-electron chi connectivity index (χ3n) is 5.58. The molecule has 1 saturated carbocycles. The normalized spacial score (nSPS) is 18.3. The van der Waals surface area contributed by atoms with E-state index in [1.807, 2.05) is 41.3 Å². The third kappa shape index (κ3) is 4.46. The van der Waals surface area contributed by atoms with Gasteiger partial charge in [-0.15, -0.1) is 0 Å². The topological polar surface area (TPSA) is 58.1 Å². The first kappa shape index (κ1) is 18.0. The number of aromatic nitrogens is 2. The van der Waals surface area contributed by atoms with Gasteiger partial charge >= 0.3 is 0 Å². The van der Waals surface area contributed by atoms with E-state index in [1.165, 1.54) is 38.5 Å². The maximum atomic E-state index is 12.9. The molecule has 0 radical (unpaired) electrons. The van der Waals surface area contributed by atoms with Gasteiger partial charge in [-0.2, -0.15) is 0 Å². The van der Waals surface area contributed by atoms with Crippen molar-refractivity contribution >= 4 is 11.7 Å². The van der Waals surface area contributed by atoms with Crippen LogP contribution < -0.4 is 5.32 Å². The Morgan fingerprint density at radius 3 is 2.33 bits per heavy atom. The van der Waals surface area contributed by atoms with Crippen molar-refractivity contribution in [1.29, 1.82) is 0 Å². The Bertz CT molecular complexity index is 763. The number of nitrogens with zero attached hydrogens (tertiary/aromatic N) is 3. The molecule has 1 aliphatic heterocycles. The van der Waals surface area contributed by atoms with Crippen LogP contribution in [0.25, 0.3) is 11.4 Å². The van der Waals surface area contributed by atoms with Crippen molar-refractivity contribution in [1.82, 2.24) is 14.9 Å². The smallest absolute Gasteiger partial charge is 0.272 e. The zero-order chi connectivity index (χ0) is 18.5. The Labute approximate surface area is 161 Å². The number of carbonyl (C=O) groups is 1. The zero-order valence-corrected chi connectivity index (χ0v) is 15.9. The minimum atomic E-state index is 0.0241. The van der Waals surface area contributed by atoms with Gasteiger partial charge in [-0.3, -0.25) is 4.79 Å². The lowest BCUT2D eigenvalue weighted by atomic mass is 10.1. The molecule has 1 N–H and O–H groups in total. The monoisotopic (exact) mass is 364 g/mol. The van der Waals surface area contributed by atoms with E-state index < -0.39 is 0 Å². The van der Waals surface area contributed by atoms with Crippen LogP contribution in [0.15, 0.2) is 36.4 Å². The summed E-state index contributed by atoms with van der Waals surface area (Å²) in [6, 6.07) is 12.2. The maximum absolute atomic E-state index is 12.9. The molecule has 0 unspecified atom stereocenters. The molecule has 1 saturated heterocycles. The van der Waals surface area contributed by atoms with E-state index in [0.717, 1.165) is 37.3 Å². The lowest BCUT2D eigenvalue weighted by Gasteiger charge is -2.19. The van der Waals surface area contributed by atoms with E-state index in [1.54, 1.807) is 0 Å². The number of amides is 1. The van der Waals surface area contributed by atoms with Crippen molar-refractivity contribution < 1.29 is 4.79 Å². The van der Waals surface area contributed by atoms with Crippen molar-refractivity contribution in [2.75, 3.05) is 18.4 Å². The van der Waals surface area contributed by atoms with Crippen LogP contribution >= 0.6 is 0 Å². The van der Waals surface area contributed by atoms with E-state index >= 15 is 0 Å². The largest absolute Gasteiger partial charge is 0.367 e. The molecule has 1 amide bonds. The molecular formula is C22H28N4O. The fourth-order valence-electron chi connectivity index (χ4n) is 4.06. The van der Waals surface area contributed by atoms with E-state index in [2.05, 4.69) is 10.3 Å². The van der Waals surface area contributed by atoms with Gasteiger partial charge in [0.25, 0.3) is 5.91 Å². The molecule has 5 nitrogen and oxygen atoms in total. The Balaban J connectivity index is 1.64. The van der Waals surface area contributed by atoms with Crippen LogP contribution in [-0.2, 0) is 0 Å². The number of nitrogens with one attached hydrogen (secondary N) is 1. The molecule has 2 aromatic rings. The lowest BCUT2D eigenvalue weighted by Crippen LogP contribution is -2.29. The van der Waals surface area contributed by atoms with E-state index in [0.29, 0.717) is 17.6 Å². The average molecular weight is 364 g/mol. The van der Waals surface area contributed by atoms with Crippen LogP contribution in [0.1, 0.15) is 61.9 Å². The SMILES string of the molecule is O=C(c1cc(NC2CCCCCC2)nc(-c2ccccc2)n1)N1CCCC1. The Kier molecular flexibility index (Phi) is 5.66. The summed E-state index contributed by atoms with van der Waals surface area (Å²) in [7, 11) is 0. The van der Waals surface area contributed by atoms with Crippen LogP contribution in [0.4, 0.5) is 5.82 Å². The average Bonchev–Trinajstić information content (AvgIpc) is 3.13. The summed E-state index contributed by atoms with van der Waals surface area (Å²) in [4.78, 5) is 24.2. The second-order valence-electron chi connectivity index (χ2n) is 7.66. The van der Waals surface area contributed by atoms with Crippen molar-refractivity contribution in [3.63, 3.8) is 0 Å². The molecule has 0 atom stereocenters. The second kappa shape index (κ2) is 8.51. The van der Waals surface area contributed by atoms with Crippen molar-refractivity contribution in [2.24, 2.45) is 0 Å². The molecule has 142 valence electrons. The highest BCUT2D eigenvalue weighted by Gasteiger charge is 2.23. The van der Waals surface area contributed by atoms with Crippen molar-refractivity contribution in [3.8, 4) is 11.4 Å². The highest BCUT2D eigenvalue weighted by molar-refractivity contribution is 5.93. The molecule has 2 fully saturated rings. The minimum absolute atomic E-state index is 0.0241. The van der Waals surface area contributed by atoms with Gasteiger partial charge in [-0.25, -0.2) is 9.97 Å². The quantitative estimate of drug-likeness (QED) is 0.811. The first-order valence-electron chi connectivity index (χ1n) is 10.3. The highest BCUT2D eigenvalue weighted by Crippen LogP contribution is 2.24. The lowest BCUT2D eigenvalue weighted by molar-refractivity contribution is 0.0787. The summed E-state index contributed by atoms with van der Waals surface area (Å²) in [6.45, 7) is 1.66. The van der Waals surface area contributed by atoms with Gasteiger partial charge in [-0.05, 0) is 25.7 Å². The molecule has 27 heavy (non-hydrogen) atoms. The summed E-state index contributed by atoms with van der Waals surface area (Å²) in [5, 5.41) is 3.60. The molecular weight excluding hydrogens is 336 g/mol. The number of likely N-dealkylation sites (tertiary alicyclic amines) is 1. The molecule has 2 heterocycles. The molecule has 5 heteroatoms.